The van der Waals surface area contributed by atoms with Crippen LogP contribution < -0.4 is 10.2 Å². The van der Waals surface area contributed by atoms with Gasteiger partial charge in [0, 0.05) is 32.2 Å². The smallest absolute Gasteiger partial charge is 0.247 e. The van der Waals surface area contributed by atoms with E-state index in [1.54, 1.807) is 4.90 Å². The average Bonchev–Trinajstić information content (AvgIpc) is 3.11. The third-order valence-corrected chi connectivity index (χ3v) is 6.33. The minimum Gasteiger partial charge on any atom is -0.365 e. The second-order valence-electron chi connectivity index (χ2n) is 8.34. The highest BCUT2D eigenvalue weighted by atomic mass is 35.5. The van der Waals surface area contributed by atoms with Gasteiger partial charge in [-0.25, -0.2) is 0 Å². The van der Waals surface area contributed by atoms with Crippen LogP contribution in [0.4, 0.5) is 11.4 Å². The summed E-state index contributed by atoms with van der Waals surface area (Å²) in [6, 6.07) is 12.0. The quantitative estimate of drug-likeness (QED) is 0.781. The molecular formula is C24H28ClN3O2. The summed E-state index contributed by atoms with van der Waals surface area (Å²) in [5, 5.41) is 3.66. The van der Waals surface area contributed by atoms with Crippen molar-refractivity contribution in [2.24, 2.45) is 0 Å². The van der Waals surface area contributed by atoms with Gasteiger partial charge in [-0.2, -0.15) is 0 Å². The van der Waals surface area contributed by atoms with E-state index in [-0.39, 0.29) is 11.8 Å². The van der Waals surface area contributed by atoms with Crippen LogP contribution in [-0.4, -0.2) is 35.8 Å². The summed E-state index contributed by atoms with van der Waals surface area (Å²) in [6.07, 6.45) is 3.51. The third kappa shape index (κ3) is 4.31. The number of halogens is 1. The number of anilines is 2. The van der Waals surface area contributed by atoms with Gasteiger partial charge in [-0.3, -0.25) is 9.59 Å². The normalized spacial score (nSPS) is 18.3. The summed E-state index contributed by atoms with van der Waals surface area (Å²) >= 11 is 6.66. The van der Waals surface area contributed by atoms with Crippen molar-refractivity contribution in [2.45, 2.75) is 52.1 Å². The lowest BCUT2D eigenvalue weighted by molar-refractivity contribution is -0.138. The van der Waals surface area contributed by atoms with Crippen LogP contribution in [0.3, 0.4) is 0 Å². The predicted octanol–water partition coefficient (Wildman–Crippen LogP) is 4.55. The van der Waals surface area contributed by atoms with Crippen LogP contribution in [0, 0.1) is 6.92 Å². The fourth-order valence-corrected chi connectivity index (χ4v) is 4.99. The maximum absolute atomic E-state index is 12.9. The van der Waals surface area contributed by atoms with E-state index >= 15 is 0 Å². The number of carbonyl (C=O) groups is 2. The fourth-order valence-electron chi connectivity index (χ4n) is 4.64. The molecule has 0 aromatic heterocycles. The summed E-state index contributed by atoms with van der Waals surface area (Å²) in [5.41, 5.74) is 5.42. The minimum atomic E-state index is -0.402. The van der Waals surface area contributed by atoms with Gasteiger partial charge in [0.05, 0.1) is 10.7 Å². The lowest BCUT2D eigenvalue weighted by Crippen LogP contribution is -2.49. The summed E-state index contributed by atoms with van der Waals surface area (Å²) in [4.78, 5) is 28.8. The van der Waals surface area contributed by atoms with E-state index < -0.39 is 6.04 Å². The third-order valence-electron chi connectivity index (χ3n) is 6.04. The number of benzene rings is 2. The molecule has 2 amide bonds. The zero-order valence-electron chi connectivity index (χ0n) is 17.6. The topological polar surface area (TPSA) is 52.7 Å². The number of likely N-dealkylation sites (tertiary alicyclic amines) is 1. The van der Waals surface area contributed by atoms with E-state index in [0.717, 1.165) is 43.6 Å². The molecule has 2 aliphatic heterocycles. The first-order valence-corrected chi connectivity index (χ1v) is 11.0. The number of nitrogens with zero attached hydrogens (tertiary/aromatic N) is 2. The Bertz CT molecular complexity index is 975. The van der Waals surface area contributed by atoms with Crippen molar-refractivity contribution in [1.29, 1.82) is 0 Å². The zero-order chi connectivity index (χ0) is 21.3. The van der Waals surface area contributed by atoms with E-state index in [1.807, 2.05) is 12.1 Å². The van der Waals surface area contributed by atoms with Gasteiger partial charge in [-0.05, 0) is 55.9 Å². The number of amides is 2. The van der Waals surface area contributed by atoms with Gasteiger partial charge in [0.15, 0.2) is 0 Å². The molecule has 0 aliphatic carbocycles. The van der Waals surface area contributed by atoms with Crippen molar-refractivity contribution < 1.29 is 9.59 Å². The predicted molar refractivity (Wildman–Crippen MR) is 121 cm³/mol. The summed E-state index contributed by atoms with van der Waals surface area (Å²) in [6.45, 7) is 5.99. The molecule has 0 unspecified atom stereocenters. The number of nitrogens with one attached hydrogen (secondary N) is 1. The van der Waals surface area contributed by atoms with Crippen molar-refractivity contribution in [3.8, 4) is 0 Å². The number of carbonyl (C=O) groups excluding carboxylic acids is 2. The largest absolute Gasteiger partial charge is 0.365 e. The molecule has 0 spiro atoms. The molecule has 6 heteroatoms. The molecule has 0 saturated carbocycles. The SMILES string of the molecule is CC(=O)N1CCCC[C@@H]1C(=O)Nc1cc(Cl)c2c(c1)CCN2Cc1cccc(C)c1. The van der Waals surface area contributed by atoms with Crippen LogP contribution in [-0.2, 0) is 22.6 Å². The van der Waals surface area contributed by atoms with Crippen LogP contribution in [0.1, 0.15) is 42.9 Å². The van der Waals surface area contributed by atoms with Crippen LogP contribution in [0.2, 0.25) is 5.02 Å². The lowest BCUT2D eigenvalue weighted by Gasteiger charge is -2.34. The first-order chi connectivity index (χ1) is 14.4. The Balaban J connectivity index is 1.50. The number of hydrogen-bond acceptors (Lipinski definition) is 3. The fraction of sp³-hybridized carbons (Fsp3) is 0.417. The van der Waals surface area contributed by atoms with Crippen molar-refractivity contribution in [3.63, 3.8) is 0 Å². The van der Waals surface area contributed by atoms with Crippen molar-refractivity contribution in [2.75, 3.05) is 23.3 Å². The van der Waals surface area contributed by atoms with Crippen LogP contribution >= 0.6 is 11.6 Å². The minimum absolute atomic E-state index is 0.0476. The molecule has 0 bridgehead atoms. The Morgan fingerprint density at radius 3 is 2.77 bits per heavy atom. The van der Waals surface area contributed by atoms with Gasteiger partial charge in [0.25, 0.3) is 0 Å². The molecule has 1 saturated heterocycles. The Hall–Kier alpha value is -2.53. The van der Waals surface area contributed by atoms with Crippen molar-refractivity contribution >= 4 is 34.8 Å². The first-order valence-electron chi connectivity index (χ1n) is 10.6. The Labute approximate surface area is 183 Å². The van der Waals surface area contributed by atoms with Crippen molar-refractivity contribution in [1.82, 2.24) is 4.90 Å². The zero-order valence-corrected chi connectivity index (χ0v) is 18.3. The summed E-state index contributed by atoms with van der Waals surface area (Å²) in [5.74, 6) is -0.177. The van der Waals surface area contributed by atoms with Crippen molar-refractivity contribution in [3.05, 3.63) is 58.1 Å². The molecule has 1 N–H and O–H groups in total. The Kier molecular flexibility index (Phi) is 6.00. The Morgan fingerprint density at radius 1 is 1.17 bits per heavy atom. The van der Waals surface area contributed by atoms with E-state index in [4.69, 9.17) is 11.6 Å². The van der Waals surface area contributed by atoms with Gasteiger partial charge in [0.1, 0.15) is 6.04 Å². The van der Waals surface area contributed by atoms with Gasteiger partial charge in [-0.15, -0.1) is 0 Å². The van der Waals surface area contributed by atoms with Gasteiger partial charge in [-0.1, -0.05) is 41.4 Å². The molecule has 4 rings (SSSR count). The molecule has 0 radical (unpaired) electrons. The molecule has 2 aliphatic rings. The second kappa shape index (κ2) is 8.68. The van der Waals surface area contributed by atoms with Crippen LogP contribution in [0.25, 0.3) is 0 Å². The molecule has 5 nitrogen and oxygen atoms in total. The average molecular weight is 426 g/mol. The molecule has 2 aromatic carbocycles. The van der Waals surface area contributed by atoms with E-state index in [0.29, 0.717) is 23.7 Å². The molecule has 2 heterocycles. The van der Waals surface area contributed by atoms with Gasteiger partial charge < -0.3 is 15.1 Å². The second-order valence-corrected chi connectivity index (χ2v) is 8.75. The number of aryl methyl sites for hydroxylation is 1. The molecule has 1 fully saturated rings. The number of hydrogen-bond donors (Lipinski definition) is 1. The van der Waals surface area contributed by atoms with E-state index in [1.165, 1.54) is 18.1 Å². The maximum Gasteiger partial charge on any atom is 0.247 e. The molecule has 158 valence electrons. The molecule has 2 aromatic rings. The first kappa shape index (κ1) is 20.7. The number of piperidine rings is 1. The van der Waals surface area contributed by atoms with Crippen LogP contribution in [0.5, 0.6) is 0 Å². The number of fused-ring (bicyclic) bond motifs is 1. The summed E-state index contributed by atoms with van der Waals surface area (Å²) < 4.78 is 0. The standard InChI is InChI=1S/C24H28ClN3O2/c1-16-6-5-7-18(12-16)15-27-11-9-19-13-20(14-21(25)23(19)27)26-24(30)22-8-3-4-10-28(22)17(2)29/h5-7,12-14,22H,3-4,8-11,15H2,1-2H3,(H,26,30)/t22-/m1/s1. The highest BCUT2D eigenvalue weighted by Crippen LogP contribution is 2.39. The summed E-state index contributed by atoms with van der Waals surface area (Å²) in [7, 11) is 0. The molecule has 30 heavy (non-hydrogen) atoms. The van der Waals surface area contributed by atoms with E-state index in [9.17, 15) is 9.59 Å². The maximum atomic E-state index is 12.9. The Morgan fingerprint density at radius 2 is 2.00 bits per heavy atom. The van der Waals surface area contributed by atoms with Gasteiger partial charge in [0.2, 0.25) is 11.8 Å². The monoisotopic (exact) mass is 425 g/mol. The van der Waals surface area contributed by atoms with Crippen LogP contribution in [0.15, 0.2) is 36.4 Å². The highest BCUT2D eigenvalue weighted by Gasteiger charge is 2.31. The van der Waals surface area contributed by atoms with E-state index in [2.05, 4.69) is 41.4 Å². The van der Waals surface area contributed by atoms with Gasteiger partial charge >= 0.3 is 0 Å². The highest BCUT2D eigenvalue weighted by molar-refractivity contribution is 6.34. The number of rotatable bonds is 4. The molecule has 1 atom stereocenters. The molecular weight excluding hydrogens is 398 g/mol. The lowest BCUT2D eigenvalue weighted by atomic mass is 10.0.